The third-order valence-electron chi connectivity index (χ3n) is 2.43. The maximum absolute atomic E-state index is 11.1. The first-order chi connectivity index (χ1) is 6.46. The van der Waals surface area contributed by atoms with E-state index in [2.05, 4.69) is 0 Å². The average molecular weight is 193 g/mol. The van der Waals surface area contributed by atoms with Crippen molar-refractivity contribution in [3.8, 4) is 0 Å². The fourth-order valence-corrected chi connectivity index (χ4v) is 1.19. The number of hydrogen-bond donors (Lipinski definition) is 2. The Balaban J connectivity index is 2.96. The molecule has 1 aromatic rings. The van der Waals surface area contributed by atoms with E-state index in [1.54, 1.807) is 26.0 Å². The Hall–Kier alpha value is -1.35. The van der Waals surface area contributed by atoms with Crippen LogP contribution in [0.3, 0.4) is 0 Å². The number of primary amides is 1. The predicted molar refractivity (Wildman–Crippen MR) is 54.4 cm³/mol. The van der Waals surface area contributed by atoms with E-state index in [1.807, 2.05) is 18.2 Å². The van der Waals surface area contributed by atoms with Crippen molar-refractivity contribution in [1.29, 1.82) is 0 Å². The summed E-state index contributed by atoms with van der Waals surface area (Å²) in [5.74, 6) is -0.506. The summed E-state index contributed by atoms with van der Waals surface area (Å²) < 4.78 is 0. The molecule has 0 aromatic heterocycles. The number of benzene rings is 1. The molecule has 1 aromatic carbocycles. The Labute approximate surface area is 83.6 Å². The first-order valence-corrected chi connectivity index (χ1v) is 4.49. The predicted octanol–water partition coefficient (Wildman–Crippen LogP) is 1.23. The van der Waals surface area contributed by atoms with Gasteiger partial charge in [0.15, 0.2) is 0 Å². The van der Waals surface area contributed by atoms with E-state index in [-0.39, 0.29) is 0 Å². The third-order valence-corrected chi connectivity index (χ3v) is 2.43. The summed E-state index contributed by atoms with van der Waals surface area (Å²) in [6.45, 7) is 3.26. The first-order valence-electron chi connectivity index (χ1n) is 4.49. The summed E-state index contributed by atoms with van der Waals surface area (Å²) >= 11 is 0. The summed E-state index contributed by atoms with van der Waals surface area (Å²) in [6, 6.07) is 9.03. The van der Waals surface area contributed by atoms with Crippen molar-refractivity contribution in [3.63, 3.8) is 0 Å². The lowest BCUT2D eigenvalue weighted by atomic mass is 9.82. The number of carbonyl (C=O) groups is 1. The van der Waals surface area contributed by atoms with Gasteiger partial charge in [-0.15, -0.1) is 0 Å². The number of amides is 1. The Morgan fingerprint density at radius 1 is 1.36 bits per heavy atom. The fraction of sp³-hybridized carbons (Fsp3) is 0.364. The highest BCUT2D eigenvalue weighted by Gasteiger charge is 2.34. The number of aliphatic hydroxyl groups excluding tert-OH is 1. The molecule has 0 unspecified atom stereocenters. The normalized spacial score (nSPS) is 13.6. The molecule has 3 nitrogen and oxygen atoms in total. The van der Waals surface area contributed by atoms with Crippen molar-refractivity contribution >= 4 is 5.91 Å². The van der Waals surface area contributed by atoms with Crippen LogP contribution in [0.1, 0.15) is 25.5 Å². The zero-order valence-electron chi connectivity index (χ0n) is 8.40. The number of rotatable bonds is 3. The quantitative estimate of drug-likeness (QED) is 0.758. The molecule has 0 radical (unpaired) electrons. The van der Waals surface area contributed by atoms with E-state index < -0.39 is 17.4 Å². The van der Waals surface area contributed by atoms with Crippen LogP contribution in [0.5, 0.6) is 0 Å². The van der Waals surface area contributed by atoms with Crippen molar-refractivity contribution in [3.05, 3.63) is 35.9 Å². The van der Waals surface area contributed by atoms with Gasteiger partial charge in [0, 0.05) is 0 Å². The van der Waals surface area contributed by atoms with Crippen LogP contribution in [-0.4, -0.2) is 11.0 Å². The lowest BCUT2D eigenvalue weighted by Crippen LogP contribution is -2.37. The minimum absolute atomic E-state index is 0.506. The Bertz CT molecular complexity index is 319. The summed E-state index contributed by atoms with van der Waals surface area (Å²) in [4.78, 5) is 11.1. The van der Waals surface area contributed by atoms with Gasteiger partial charge in [0.25, 0.3) is 0 Å². The number of hydrogen-bond acceptors (Lipinski definition) is 2. The van der Waals surface area contributed by atoms with Crippen LogP contribution >= 0.6 is 0 Å². The molecule has 0 fully saturated rings. The van der Waals surface area contributed by atoms with Crippen molar-refractivity contribution < 1.29 is 9.90 Å². The molecular weight excluding hydrogens is 178 g/mol. The van der Waals surface area contributed by atoms with Gasteiger partial charge in [-0.3, -0.25) is 4.79 Å². The van der Waals surface area contributed by atoms with Gasteiger partial charge in [0.1, 0.15) is 0 Å². The molecule has 3 N–H and O–H groups in total. The Morgan fingerprint density at radius 2 is 1.86 bits per heavy atom. The summed E-state index contributed by atoms with van der Waals surface area (Å²) in [5.41, 5.74) is 4.97. The molecule has 0 spiro atoms. The molecule has 14 heavy (non-hydrogen) atoms. The Morgan fingerprint density at radius 3 is 2.29 bits per heavy atom. The van der Waals surface area contributed by atoms with E-state index >= 15 is 0 Å². The smallest absolute Gasteiger partial charge is 0.226 e. The lowest BCUT2D eigenvalue weighted by molar-refractivity contribution is -0.132. The topological polar surface area (TPSA) is 63.3 Å². The van der Waals surface area contributed by atoms with Gasteiger partial charge in [-0.25, -0.2) is 0 Å². The zero-order valence-corrected chi connectivity index (χ0v) is 8.40. The number of carbonyl (C=O) groups excluding carboxylic acids is 1. The molecule has 3 heteroatoms. The van der Waals surface area contributed by atoms with Crippen molar-refractivity contribution in [2.45, 2.75) is 20.0 Å². The molecule has 0 saturated carbocycles. The largest absolute Gasteiger partial charge is 0.387 e. The lowest BCUT2D eigenvalue weighted by Gasteiger charge is -2.27. The van der Waals surface area contributed by atoms with Gasteiger partial charge < -0.3 is 10.8 Å². The summed E-state index contributed by atoms with van der Waals surface area (Å²) in [7, 11) is 0. The minimum atomic E-state index is -0.943. The van der Waals surface area contributed by atoms with Crippen LogP contribution in [0.25, 0.3) is 0 Å². The van der Waals surface area contributed by atoms with Gasteiger partial charge in [0.2, 0.25) is 5.91 Å². The van der Waals surface area contributed by atoms with Gasteiger partial charge in [-0.1, -0.05) is 30.3 Å². The summed E-state index contributed by atoms with van der Waals surface area (Å²) in [5, 5.41) is 9.92. The van der Waals surface area contributed by atoms with Gasteiger partial charge in [-0.2, -0.15) is 0 Å². The highest BCUT2D eigenvalue weighted by molar-refractivity contribution is 5.80. The number of aliphatic hydroxyl groups is 1. The van der Waals surface area contributed by atoms with E-state index in [0.29, 0.717) is 5.56 Å². The molecule has 0 saturated heterocycles. The van der Waals surface area contributed by atoms with Gasteiger partial charge in [0.05, 0.1) is 11.5 Å². The van der Waals surface area contributed by atoms with E-state index in [4.69, 9.17) is 5.73 Å². The van der Waals surface area contributed by atoms with Crippen LogP contribution in [0.2, 0.25) is 0 Å². The molecule has 0 aliphatic rings. The molecular formula is C11H15NO2. The SMILES string of the molecule is CC(C)(C(N)=O)[C@H](O)c1ccccc1. The molecule has 1 atom stereocenters. The van der Waals surface area contributed by atoms with E-state index in [0.717, 1.165) is 0 Å². The van der Waals surface area contributed by atoms with Crippen LogP contribution in [0.15, 0.2) is 30.3 Å². The zero-order chi connectivity index (χ0) is 10.8. The molecule has 0 aliphatic carbocycles. The standard InChI is InChI=1S/C11H15NO2/c1-11(2,10(12)14)9(13)8-6-4-3-5-7-8/h3-7,9,13H,1-2H3,(H2,12,14)/t9-/m1/s1. The first kappa shape index (κ1) is 10.7. The van der Waals surface area contributed by atoms with Crippen molar-refractivity contribution in [2.24, 2.45) is 11.1 Å². The molecule has 0 heterocycles. The molecule has 76 valence electrons. The third kappa shape index (κ3) is 1.93. The monoisotopic (exact) mass is 193 g/mol. The highest BCUT2D eigenvalue weighted by Crippen LogP contribution is 2.32. The van der Waals surface area contributed by atoms with Crippen LogP contribution in [0, 0.1) is 5.41 Å². The van der Waals surface area contributed by atoms with Crippen LogP contribution in [-0.2, 0) is 4.79 Å². The van der Waals surface area contributed by atoms with Gasteiger partial charge in [-0.05, 0) is 19.4 Å². The summed E-state index contributed by atoms with van der Waals surface area (Å²) in [6.07, 6.45) is -0.860. The second kappa shape index (κ2) is 3.80. The van der Waals surface area contributed by atoms with Crippen molar-refractivity contribution in [2.75, 3.05) is 0 Å². The fourth-order valence-electron chi connectivity index (χ4n) is 1.19. The van der Waals surface area contributed by atoms with Gasteiger partial charge >= 0.3 is 0 Å². The van der Waals surface area contributed by atoms with E-state index in [9.17, 15) is 9.90 Å². The maximum atomic E-state index is 11.1. The number of nitrogens with two attached hydrogens (primary N) is 1. The molecule has 0 bridgehead atoms. The average Bonchev–Trinajstić information content (AvgIpc) is 2.17. The van der Waals surface area contributed by atoms with Crippen LogP contribution in [0.4, 0.5) is 0 Å². The maximum Gasteiger partial charge on any atom is 0.226 e. The second-order valence-corrected chi connectivity index (χ2v) is 3.90. The molecule has 1 rings (SSSR count). The minimum Gasteiger partial charge on any atom is -0.387 e. The van der Waals surface area contributed by atoms with E-state index in [1.165, 1.54) is 0 Å². The molecule has 1 amide bonds. The highest BCUT2D eigenvalue weighted by atomic mass is 16.3. The second-order valence-electron chi connectivity index (χ2n) is 3.90. The van der Waals surface area contributed by atoms with Crippen LogP contribution < -0.4 is 5.73 Å². The molecule has 0 aliphatic heterocycles. The van der Waals surface area contributed by atoms with Crippen molar-refractivity contribution in [1.82, 2.24) is 0 Å². The Kier molecular flexibility index (Phi) is 2.91.